The number of ether oxygens (including phenoxy) is 1. The Morgan fingerprint density at radius 2 is 1.57 bits per heavy atom. The lowest BCUT2D eigenvalue weighted by Crippen LogP contribution is -2.58. The number of nitrogens with zero attached hydrogens (tertiary/aromatic N) is 2. The van der Waals surface area contributed by atoms with Crippen LogP contribution in [0.2, 0.25) is 0 Å². The molecule has 0 aromatic heterocycles. The summed E-state index contributed by atoms with van der Waals surface area (Å²) >= 11 is 0. The van der Waals surface area contributed by atoms with Gasteiger partial charge in [0.25, 0.3) is 6.23 Å². The van der Waals surface area contributed by atoms with E-state index in [0.717, 1.165) is 5.01 Å². The van der Waals surface area contributed by atoms with Gasteiger partial charge in [0.1, 0.15) is 12.3 Å². The first-order valence-electron chi connectivity index (χ1n) is 8.96. The predicted octanol–water partition coefficient (Wildman–Crippen LogP) is 0.603. The van der Waals surface area contributed by atoms with Crippen molar-refractivity contribution < 1.29 is 23.9 Å². The predicted molar refractivity (Wildman–Crippen MR) is 109 cm³/mol. The Kier molecular flexibility index (Phi) is 7.74. The van der Waals surface area contributed by atoms with Gasteiger partial charge in [-0.05, 0) is 24.3 Å². The highest BCUT2D eigenvalue weighted by molar-refractivity contribution is 5.96. The number of rotatable bonds is 7. The van der Waals surface area contributed by atoms with E-state index in [4.69, 9.17) is 10.5 Å². The number of carbonyl (C=O) groups excluding carboxylic acids is 4. The number of benzene rings is 2. The number of para-hydroxylation sites is 2. The molecule has 0 aliphatic rings. The lowest BCUT2D eigenvalue weighted by molar-refractivity contribution is -0.145. The maximum Gasteiger partial charge on any atom is 0.315 e. The van der Waals surface area contributed by atoms with Crippen molar-refractivity contribution in [3.8, 4) is 5.75 Å². The van der Waals surface area contributed by atoms with E-state index in [1.807, 2.05) is 6.07 Å². The topological polar surface area (TPSA) is 134 Å². The zero-order chi connectivity index (χ0) is 22.1. The molecule has 4 N–H and O–H groups in total. The molecule has 0 fully saturated rings. The van der Waals surface area contributed by atoms with E-state index in [-0.39, 0.29) is 0 Å². The number of urea groups is 1. The van der Waals surface area contributed by atoms with E-state index in [1.54, 1.807) is 61.6 Å². The summed E-state index contributed by atoms with van der Waals surface area (Å²) in [6.45, 7) is 0.756. The SMILES string of the molecule is CC(=O)N(CC(=O)N(C)c1ccccc1)NC(=O)C(NC(N)=O)Oc1ccccc1. The first kappa shape index (κ1) is 22.2. The lowest BCUT2D eigenvalue weighted by Gasteiger charge is -2.27. The van der Waals surface area contributed by atoms with Crippen molar-refractivity contribution in [2.24, 2.45) is 5.73 Å². The molecule has 2 aromatic rings. The third-order valence-electron chi connectivity index (χ3n) is 3.94. The maximum absolute atomic E-state index is 12.6. The molecule has 30 heavy (non-hydrogen) atoms. The molecule has 10 nitrogen and oxygen atoms in total. The molecule has 0 spiro atoms. The molecule has 0 aliphatic heterocycles. The molecule has 1 atom stereocenters. The maximum atomic E-state index is 12.6. The second kappa shape index (κ2) is 10.5. The molecule has 0 aliphatic carbocycles. The number of primary amides is 1. The van der Waals surface area contributed by atoms with Gasteiger partial charge in [-0.15, -0.1) is 0 Å². The third kappa shape index (κ3) is 6.51. The Hall–Kier alpha value is -4.08. The number of anilines is 1. The van der Waals surface area contributed by atoms with Crippen LogP contribution in [0.25, 0.3) is 0 Å². The van der Waals surface area contributed by atoms with Gasteiger partial charge in [0.15, 0.2) is 0 Å². The standard InChI is InChI=1S/C20H23N5O5/c1-14(26)25(13-17(27)24(2)15-9-5-3-6-10-15)23-18(28)19(22-20(21)29)30-16-11-7-4-8-12-16/h3-12,19H,13H2,1-2H3,(H,23,28)(H3,21,22,29). The summed E-state index contributed by atoms with van der Waals surface area (Å²) in [6, 6.07) is 16.1. The van der Waals surface area contributed by atoms with E-state index in [0.29, 0.717) is 11.4 Å². The molecular formula is C20H23N5O5. The summed E-state index contributed by atoms with van der Waals surface area (Å²) < 4.78 is 5.43. The monoisotopic (exact) mass is 413 g/mol. The van der Waals surface area contributed by atoms with E-state index < -0.39 is 36.5 Å². The minimum absolute atomic E-state index is 0.292. The number of nitrogens with two attached hydrogens (primary N) is 1. The Labute approximate surface area is 173 Å². The van der Waals surface area contributed by atoms with Crippen molar-refractivity contribution in [1.82, 2.24) is 15.8 Å². The summed E-state index contributed by atoms with van der Waals surface area (Å²) in [7, 11) is 1.55. The van der Waals surface area contributed by atoms with Gasteiger partial charge in [0.05, 0.1) is 0 Å². The number of hydrogen-bond acceptors (Lipinski definition) is 5. The highest BCUT2D eigenvalue weighted by Crippen LogP contribution is 2.12. The third-order valence-corrected chi connectivity index (χ3v) is 3.94. The van der Waals surface area contributed by atoms with Crippen molar-refractivity contribution >= 4 is 29.4 Å². The van der Waals surface area contributed by atoms with Gasteiger partial charge in [0, 0.05) is 19.7 Å². The van der Waals surface area contributed by atoms with Crippen LogP contribution in [0.3, 0.4) is 0 Å². The summed E-state index contributed by atoms with van der Waals surface area (Å²) in [5.41, 5.74) is 8.01. The second-order valence-corrected chi connectivity index (χ2v) is 6.19. The van der Waals surface area contributed by atoms with Crippen LogP contribution in [0.1, 0.15) is 6.92 Å². The van der Waals surface area contributed by atoms with Gasteiger partial charge in [-0.1, -0.05) is 36.4 Å². The molecule has 0 bridgehead atoms. The molecule has 0 heterocycles. The number of hydrogen-bond donors (Lipinski definition) is 3. The quantitative estimate of drug-likeness (QED) is 0.451. The Morgan fingerprint density at radius 1 is 1.00 bits per heavy atom. The average Bonchev–Trinajstić information content (AvgIpc) is 2.73. The van der Waals surface area contributed by atoms with E-state index in [9.17, 15) is 19.2 Å². The van der Waals surface area contributed by atoms with Crippen LogP contribution in [-0.2, 0) is 14.4 Å². The zero-order valence-corrected chi connectivity index (χ0v) is 16.6. The molecule has 158 valence electrons. The molecule has 0 radical (unpaired) electrons. The summed E-state index contributed by atoms with van der Waals surface area (Å²) in [4.78, 5) is 49.7. The van der Waals surface area contributed by atoms with Crippen molar-refractivity contribution in [2.75, 3.05) is 18.5 Å². The van der Waals surface area contributed by atoms with Crippen molar-refractivity contribution in [3.05, 3.63) is 60.7 Å². The largest absolute Gasteiger partial charge is 0.461 e. The fraction of sp³-hybridized carbons (Fsp3) is 0.200. The van der Waals surface area contributed by atoms with Crippen LogP contribution in [0, 0.1) is 0 Å². The molecule has 0 saturated carbocycles. The zero-order valence-electron chi connectivity index (χ0n) is 16.6. The van der Waals surface area contributed by atoms with Crippen LogP contribution < -0.4 is 26.1 Å². The first-order chi connectivity index (χ1) is 14.3. The van der Waals surface area contributed by atoms with Crippen molar-refractivity contribution in [2.45, 2.75) is 13.2 Å². The van der Waals surface area contributed by atoms with Gasteiger partial charge in [-0.2, -0.15) is 0 Å². The molecule has 2 aromatic carbocycles. The van der Waals surface area contributed by atoms with E-state index in [2.05, 4.69) is 10.7 Å². The minimum atomic E-state index is -1.52. The molecule has 2 rings (SSSR count). The average molecular weight is 413 g/mol. The summed E-state index contributed by atoms with van der Waals surface area (Å²) in [5.74, 6) is -1.63. The Morgan fingerprint density at radius 3 is 2.10 bits per heavy atom. The molecule has 5 amide bonds. The van der Waals surface area contributed by atoms with Crippen LogP contribution in [-0.4, -0.2) is 48.6 Å². The van der Waals surface area contributed by atoms with Gasteiger partial charge in [-0.3, -0.25) is 25.1 Å². The van der Waals surface area contributed by atoms with Gasteiger partial charge in [-0.25, -0.2) is 9.80 Å². The number of likely N-dealkylation sites (N-methyl/N-ethyl adjacent to an activating group) is 1. The summed E-state index contributed by atoms with van der Waals surface area (Å²) in [6.07, 6.45) is -1.52. The van der Waals surface area contributed by atoms with Crippen LogP contribution in [0.4, 0.5) is 10.5 Å². The number of nitrogens with one attached hydrogen (secondary N) is 2. The van der Waals surface area contributed by atoms with Crippen molar-refractivity contribution in [3.63, 3.8) is 0 Å². The molecular weight excluding hydrogens is 390 g/mol. The van der Waals surface area contributed by atoms with Crippen LogP contribution >= 0.6 is 0 Å². The smallest absolute Gasteiger partial charge is 0.315 e. The highest BCUT2D eigenvalue weighted by atomic mass is 16.5. The fourth-order valence-corrected chi connectivity index (χ4v) is 2.37. The minimum Gasteiger partial charge on any atom is -0.461 e. The molecule has 1 unspecified atom stereocenters. The molecule has 0 saturated heterocycles. The second-order valence-electron chi connectivity index (χ2n) is 6.19. The Bertz CT molecular complexity index is 891. The van der Waals surface area contributed by atoms with Crippen LogP contribution in [0.5, 0.6) is 5.75 Å². The normalized spacial score (nSPS) is 11.0. The van der Waals surface area contributed by atoms with E-state index in [1.165, 1.54) is 11.8 Å². The van der Waals surface area contributed by atoms with Gasteiger partial charge >= 0.3 is 11.9 Å². The number of hydrazine groups is 1. The van der Waals surface area contributed by atoms with Gasteiger partial charge < -0.3 is 15.4 Å². The van der Waals surface area contributed by atoms with Crippen LogP contribution in [0.15, 0.2) is 60.7 Å². The highest BCUT2D eigenvalue weighted by Gasteiger charge is 2.26. The van der Waals surface area contributed by atoms with Gasteiger partial charge in [0.2, 0.25) is 11.8 Å². The summed E-state index contributed by atoms with van der Waals surface area (Å²) in [5, 5.41) is 2.97. The molecule has 10 heteroatoms. The Balaban J connectivity index is 2.08. The van der Waals surface area contributed by atoms with E-state index >= 15 is 0 Å². The number of carbonyl (C=O) groups is 4. The van der Waals surface area contributed by atoms with Crippen molar-refractivity contribution in [1.29, 1.82) is 0 Å². The number of amides is 5. The lowest BCUT2D eigenvalue weighted by atomic mass is 10.3. The fourth-order valence-electron chi connectivity index (χ4n) is 2.37. The first-order valence-corrected chi connectivity index (χ1v) is 8.96.